The number of para-hydroxylation sites is 2. The summed E-state index contributed by atoms with van der Waals surface area (Å²) in [6, 6.07) is 16.0. The van der Waals surface area contributed by atoms with Gasteiger partial charge in [-0.25, -0.2) is 0 Å². The molecule has 1 aliphatic rings. The third-order valence-electron chi connectivity index (χ3n) is 4.13. The fourth-order valence-electron chi connectivity index (χ4n) is 2.62. The second kappa shape index (κ2) is 8.24. The van der Waals surface area contributed by atoms with Crippen molar-refractivity contribution >= 4 is 23.4 Å². The molecule has 2 heterocycles. The molecule has 0 fully saturated rings. The van der Waals surface area contributed by atoms with Crippen LogP contribution in [0, 0.1) is 11.3 Å². The van der Waals surface area contributed by atoms with Crippen LogP contribution in [0.15, 0.2) is 58.2 Å². The van der Waals surface area contributed by atoms with Crippen LogP contribution < -0.4 is 14.8 Å². The molecule has 0 aliphatic carbocycles. The van der Waals surface area contributed by atoms with Crippen LogP contribution in [0.1, 0.15) is 24.5 Å². The van der Waals surface area contributed by atoms with Gasteiger partial charge in [0.15, 0.2) is 11.5 Å². The van der Waals surface area contributed by atoms with Crippen molar-refractivity contribution in [3.05, 3.63) is 60.0 Å². The summed E-state index contributed by atoms with van der Waals surface area (Å²) in [5.41, 5.74) is 1.14. The van der Waals surface area contributed by atoms with E-state index < -0.39 is 11.4 Å². The third kappa shape index (κ3) is 4.33. The van der Waals surface area contributed by atoms with Crippen LogP contribution in [0.25, 0.3) is 0 Å². The van der Waals surface area contributed by atoms with Crippen LogP contribution in [0.3, 0.4) is 0 Å². The zero-order valence-corrected chi connectivity index (χ0v) is 16.2. The average molecular weight is 408 g/mol. The first-order valence-electron chi connectivity index (χ1n) is 8.82. The van der Waals surface area contributed by atoms with E-state index in [-0.39, 0.29) is 17.7 Å². The molecule has 9 heteroatoms. The molecule has 29 heavy (non-hydrogen) atoms. The molecule has 2 aromatic carbocycles. The number of hydrogen-bond donors (Lipinski definition) is 1. The molecule has 0 saturated carbocycles. The molecule has 8 nitrogen and oxygen atoms in total. The summed E-state index contributed by atoms with van der Waals surface area (Å²) >= 11 is 1.15. The van der Waals surface area contributed by atoms with Gasteiger partial charge in [0, 0.05) is 5.69 Å². The standard InChI is InChI=1S/C20H16N4O4S/c1-12(18(25)22-14-8-6-13(10-21)7-9-14)29-20-24-23-19(28-20)17-11-26-15-4-2-3-5-16(15)27-17/h2-9,12,17H,11H2,1H3,(H,22,25)/t12-,17+/m1/s1. The predicted octanol–water partition coefficient (Wildman–Crippen LogP) is 3.57. The summed E-state index contributed by atoms with van der Waals surface area (Å²) in [5, 5.41) is 19.4. The van der Waals surface area contributed by atoms with Gasteiger partial charge in [0.1, 0.15) is 6.61 Å². The first-order chi connectivity index (χ1) is 14.1. The van der Waals surface area contributed by atoms with Gasteiger partial charge in [-0.1, -0.05) is 23.9 Å². The van der Waals surface area contributed by atoms with Crippen molar-refractivity contribution in [1.29, 1.82) is 5.26 Å². The van der Waals surface area contributed by atoms with Crippen molar-refractivity contribution in [2.45, 2.75) is 23.5 Å². The Morgan fingerprint density at radius 2 is 1.97 bits per heavy atom. The minimum absolute atomic E-state index is 0.217. The summed E-state index contributed by atoms with van der Waals surface area (Å²) in [4.78, 5) is 12.4. The minimum Gasteiger partial charge on any atom is -0.485 e. The monoisotopic (exact) mass is 408 g/mol. The van der Waals surface area contributed by atoms with Gasteiger partial charge in [0.25, 0.3) is 11.1 Å². The molecule has 1 aromatic heterocycles. The summed E-state index contributed by atoms with van der Waals surface area (Å²) in [7, 11) is 0. The van der Waals surface area contributed by atoms with Crippen LogP contribution in [-0.4, -0.2) is 28.0 Å². The van der Waals surface area contributed by atoms with E-state index >= 15 is 0 Å². The van der Waals surface area contributed by atoms with Crippen molar-refractivity contribution < 1.29 is 18.7 Å². The lowest BCUT2D eigenvalue weighted by Crippen LogP contribution is -2.22. The molecule has 2 atom stereocenters. The molecule has 1 amide bonds. The number of anilines is 1. The van der Waals surface area contributed by atoms with E-state index in [1.54, 1.807) is 31.2 Å². The molecular formula is C20H16N4O4S. The van der Waals surface area contributed by atoms with Gasteiger partial charge < -0.3 is 19.2 Å². The molecule has 0 bridgehead atoms. The minimum atomic E-state index is -0.505. The Kier molecular flexibility index (Phi) is 5.35. The number of nitrogens with zero attached hydrogens (tertiary/aromatic N) is 3. The summed E-state index contributed by atoms with van der Waals surface area (Å²) in [6.07, 6.45) is -0.505. The number of benzene rings is 2. The highest BCUT2D eigenvalue weighted by Gasteiger charge is 2.28. The lowest BCUT2D eigenvalue weighted by Gasteiger charge is -2.23. The SMILES string of the molecule is C[C@@H](Sc1nnc([C@@H]2COc3ccccc3O2)o1)C(=O)Nc1ccc(C#N)cc1. The van der Waals surface area contributed by atoms with Gasteiger partial charge in [-0.15, -0.1) is 10.2 Å². The number of hydrogen-bond acceptors (Lipinski definition) is 8. The van der Waals surface area contributed by atoms with Crippen LogP contribution in [0.5, 0.6) is 11.5 Å². The molecule has 3 aromatic rings. The van der Waals surface area contributed by atoms with E-state index in [1.807, 2.05) is 30.3 Å². The Hall–Kier alpha value is -3.51. The number of carbonyl (C=O) groups excluding carboxylic acids is 1. The lowest BCUT2D eigenvalue weighted by atomic mass is 10.2. The van der Waals surface area contributed by atoms with Gasteiger partial charge in [-0.2, -0.15) is 5.26 Å². The largest absolute Gasteiger partial charge is 0.485 e. The molecule has 0 saturated heterocycles. The smallest absolute Gasteiger partial charge is 0.277 e. The van der Waals surface area contributed by atoms with E-state index in [1.165, 1.54) is 0 Å². The number of rotatable bonds is 5. The Morgan fingerprint density at radius 3 is 2.72 bits per heavy atom. The maximum absolute atomic E-state index is 12.4. The van der Waals surface area contributed by atoms with Gasteiger partial charge in [0.05, 0.1) is 16.9 Å². The predicted molar refractivity (Wildman–Crippen MR) is 105 cm³/mol. The van der Waals surface area contributed by atoms with E-state index in [4.69, 9.17) is 19.2 Å². The van der Waals surface area contributed by atoms with Crippen LogP contribution in [0.2, 0.25) is 0 Å². The second-order valence-corrected chi connectivity index (χ2v) is 7.50. The molecule has 4 rings (SSSR count). The number of fused-ring (bicyclic) bond motifs is 1. The van der Waals surface area contributed by atoms with E-state index in [0.29, 0.717) is 28.6 Å². The normalized spacial score (nSPS) is 15.9. The molecule has 146 valence electrons. The first-order valence-corrected chi connectivity index (χ1v) is 9.70. The first kappa shape index (κ1) is 18.8. The highest BCUT2D eigenvalue weighted by atomic mass is 32.2. The van der Waals surface area contributed by atoms with Crippen molar-refractivity contribution in [1.82, 2.24) is 10.2 Å². The number of nitrogens with one attached hydrogen (secondary N) is 1. The topological polar surface area (TPSA) is 110 Å². The molecule has 0 unspecified atom stereocenters. The van der Waals surface area contributed by atoms with Gasteiger partial charge in [-0.3, -0.25) is 4.79 Å². The van der Waals surface area contributed by atoms with E-state index in [2.05, 4.69) is 15.5 Å². The maximum atomic E-state index is 12.4. The fourth-order valence-corrected chi connectivity index (χ4v) is 3.31. The number of amides is 1. The molecule has 0 radical (unpaired) electrons. The van der Waals surface area contributed by atoms with Crippen molar-refractivity contribution in [3.8, 4) is 17.6 Å². The summed E-state index contributed by atoms with van der Waals surface area (Å²) in [6.45, 7) is 2.00. The highest BCUT2D eigenvalue weighted by Crippen LogP contribution is 2.36. The number of ether oxygens (including phenoxy) is 2. The summed E-state index contributed by atoms with van der Waals surface area (Å²) < 4.78 is 17.2. The fraction of sp³-hybridized carbons (Fsp3) is 0.200. The number of carbonyl (C=O) groups is 1. The third-order valence-corrected chi connectivity index (χ3v) is 5.07. The van der Waals surface area contributed by atoms with E-state index in [9.17, 15) is 4.79 Å². The Balaban J connectivity index is 1.36. The van der Waals surface area contributed by atoms with Gasteiger partial charge in [-0.05, 0) is 43.3 Å². The highest BCUT2D eigenvalue weighted by molar-refractivity contribution is 8.00. The number of thioether (sulfide) groups is 1. The zero-order valence-electron chi connectivity index (χ0n) is 15.4. The van der Waals surface area contributed by atoms with Crippen molar-refractivity contribution in [2.24, 2.45) is 0 Å². The molecule has 0 spiro atoms. The number of nitriles is 1. The van der Waals surface area contributed by atoms with Gasteiger partial charge >= 0.3 is 0 Å². The number of aromatic nitrogens is 2. The average Bonchev–Trinajstić information content (AvgIpc) is 3.22. The maximum Gasteiger partial charge on any atom is 0.277 e. The quantitative estimate of drug-likeness (QED) is 0.638. The Morgan fingerprint density at radius 1 is 1.21 bits per heavy atom. The summed E-state index contributed by atoms with van der Waals surface area (Å²) in [5.74, 6) is 1.37. The second-order valence-electron chi connectivity index (χ2n) is 6.21. The zero-order chi connectivity index (χ0) is 20.2. The lowest BCUT2D eigenvalue weighted by molar-refractivity contribution is -0.115. The van der Waals surface area contributed by atoms with Gasteiger partial charge in [0.2, 0.25) is 12.0 Å². The van der Waals surface area contributed by atoms with Crippen LogP contribution in [0.4, 0.5) is 5.69 Å². The van der Waals surface area contributed by atoms with E-state index in [0.717, 1.165) is 11.8 Å². The Labute approximate surface area is 170 Å². The van der Waals surface area contributed by atoms with Crippen molar-refractivity contribution in [2.75, 3.05) is 11.9 Å². The molecule has 1 N–H and O–H groups in total. The molecular weight excluding hydrogens is 392 g/mol. The Bertz CT molecular complexity index is 1060. The van der Waals surface area contributed by atoms with Crippen LogP contribution in [-0.2, 0) is 4.79 Å². The van der Waals surface area contributed by atoms with Crippen LogP contribution >= 0.6 is 11.8 Å². The molecule has 1 aliphatic heterocycles. The van der Waals surface area contributed by atoms with Crippen molar-refractivity contribution in [3.63, 3.8) is 0 Å².